The van der Waals surface area contributed by atoms with E-state index in [-0.39, 0.29) is 0 Å². The van der Waals surface area contributed by atoms with Crippen LogP contribution in [-0.2, 0) is 0 Å². The van der Waals surface area contributed by atoms with E-state index in [4.69, 9.17) is 0 Å². The molecule has 0 aromatic rings. The summed E-state index contributed by atoms with van der Waals surface area (Å²) >= 11 is 0. The molecule has 4 heteroatoms. The van der Waals surface area contributed by atoms with E-state index in [1.54, 1.807) is 7.05 Å². The van der Waals surface area contributed by atoms with Crippen molar-refractivity contribution in [2.24, 2.45) is 0 Å². The van der Waals surface area contributed by atoms with Gasteiger partial charge in [0.05, 0.1) is 0 Å². The Kier molecular flexibility index (Phi) is 5.07. The number of hydrogen-bond donors (Lipinski definition) is 0. The molecule has 1 saturated heterocycles. The molecule has 0 spiro atoms. The van der Waals surface area contributed by atoms with E-state index >= 15 is 0 Å². The fraction of sp³-hybridized carbons (Fsp3) is 1.00. The van der Waals surface area contributed by atoms with Crippen molar-refractivity contribution < 1.29 is 4.76 Å². The Morgan fingerprint density at radius 1 is 1.50 bits per heavy atom. The zero-order valence-electron chi connectivity index (χ0n) is 7.49. The van der Waals surface area contributed by atoms with Crippen molar-refractivity contribution >= 4 is 21.6 Å². The SMILES string of the molecule is C[N+](=O)CCCCC1CCSS1. The van der Waals surface area contributed by atoms with Crippen LogP contribution in [0.1, 0.15) is 25.7 Å². The molecule has 70 valence electrons. The predicted octanol–water partition coefficient (Wildman–Crippen LogP) is 2.72. The lowest BCUT2D eigenvalue weighted by molar-refractivity contribution is -0.519. The van der Waals surface area contributed by atoms with Gasteiger partial charge < -0.3 is 0 Å². The quantitative estimate of drug-likeness (QED) is 0.392. The first-order valence-electron chi connectivity index (χ1n) is 4.45. The van der Waals surface area contributed by atoms with Crippen LogP contribution in [0.3, 0.4) is 0 Å². The number of hydrogen-bond acceptors (Lipinski definition) is 3. The molecule has 0 bridgehead atoms. The molecule has 0 radical (unpaired) electrons. The number of nitroso groups, excluding NO2 is 1. The molecule has 1 unspecified atom stereocenters. The average molecular weight is 206 g/mol. The normalized spacial score (nSPS) is 22.9. The summed E-state index contributed by atoms with van der Waals surface area (Å²) < 4.78 is 1.02. The minimum absolute atomic E-state index is 0.699. The maximum Gasteiger partial charge on any atom is 0.191 e. The maximum atomic E-state index is 10.5. The van der Waals surface area contributed by atoms with E-state index < -0.39 is 0 Å². The molecule has 0 aliphatic carbocycles. The second-order valence-electron chi connectivity index (χ2n) is 3.18. The van der Waals surface area contributed by atoms with Crippen LogP contribution in [0.5, 0.6) is 0 Å². The van der Waals surface area contributed by atoms with Crippen LogP contribution in [0.2, 0.25) is 0 Å². The Morgan fingerprint density at radius 2 is 2.33 bits per heavy atom. The minimum Gasteiger partial charge on any atom is -0.0938 e. The van der Waals surface area contributed by atoms with Crippen molar-refractivity contribution in [3.63, 3.8) is 0 Å². The summed E-state index contributed by atoms with van der Waals surface area (Å²) in [4.78, 5) is 10.5. The monoisotopic (exact) mass is 206 g/mol. The molecule has 1 aliphatic heterocycles. The van der Waals surface area contributed by atoms with Gasteiger partial charge in [-0.15, -0.1) is 0 Å². The molecular formula is C8H16NOS2+. The summed E-state index contributed by atoms with van der Waals surface area (Å²) in [5.74, 6) is 1.32. The van der Waals surface area contributed by atoms with Crippen LogP contribution in [0.15, 0.2) is 0 Å². The van der Waals surface area contributed by atoms with Gasteiger partial charge >= 0.3 is 0 Å². The van der Waals surface area contributed by atoms with Crippen molar-refractivity contribution in [2.75, 3.05) is 19.3 Å². The number of unbranched alkanes of at least 4 members (excludes halogenated alkanes) is 1. The molecule has 0 aromatic carbocycles. The van der Waals surface area contributed by atoms with E-state index in [0.29, 0.717) is 6.54 Å². The number of rotatable bonds is 5. The maximum absolute atomic E-state index is 10.5. The Bertz CT molecular complexity index is 146. The summed E-state index contributed by atoms with van der Waals surface area (Å²) in [6.07, 6.45) is 4.93. The number of nitrogens with zero attached hydrogens (tertiary/aromatic N) is 1. The van der Waals surface area contributed by atoms with Gasteiger partial charge in [0.1, 0.15) is 0 Å². The van der Waals surface area contributed by atoms with Crippen molar-refractivity contribution in [3.05, 3.63) is 4.91 Å². The highest BCUT2D eigenvalue weighted by molar-refractivity contribution is 8.77. The Morgan fingerprint density at radius 3 is 2.92 bits per heavy atom. The van der Waals surface area contributed by atoms with Crippen molar-refractivity contribution in [2.45, 2.75) is 30.9 Å². The first-order chi connectivity index (χ1) is 5.79. The Hall–Kier alpha value is 0.300. The van der Waals surface area contributed by atoms with Gasteiger partial charge in [0.15, 0.2) is 13.6 Å². The molecule has 12 heavy (non-hydrogen) atoms. The minimum atomic E-state index is 0.699. The van der Waals surface area contributed by atoms with Crippen molar-refractivity contribution in [1.29, 1.82) is 0 Å². The highest BCUT2D eigenvalue weighted by atomic mass is 33.1. The molecule has 0 saturated carbocycles. The first-order valence-corrected chi connectivity index (χ1v) is 6.84. The van der Waals surface area contributed by atoms with E-state index in [1.165, 1.54) is 25.0 Å². The third-order valence-corrected chi connectivity index (χ3v) is 4.98. The second-order valence-corrected chi connectivity index (χ2v) is 5.96. The third kappa shape index (κ3) is 4.36. The summed E-state index contributed by atoms with van der Waals surface area (Å²) in [5.41, 5.74) is 0. The van der Waals surface area contributed by atoms with Crippen LogP contribution in [0, 0.1) is 4.91 Å². The van der Waals surface area contributed by atoms with Crippen LogP contribution >= 0.6 is 21.6 Å². The molecule has 2 nitrogen and oxygen atoms in total. The van der Waals surface area contributed by atoms with Gasteiger partial charge in [-0.3, -0.25) is 0 Å². The Balaban J connectivity index is 1.91. The fourth-order valence-corrected chi connectivity index (χ4v) is 4.30. The van der Waals surface area contributed by atoms with Crippen molar-refractivity contribution in [1.82, 2.24) is 0 Å². The molecule has 1 atom stereocenters. The van der Waals surface area contributed by atoms with Gasteiger partial charge in [0.25, 0.3) is 0 Å². The average Bonchev–Trinajstić information content (AvgIpc) is 2.49. The van der Waals surface area contributed by atoms with Gasteiger partial charge in [-0.25, -0.2) is 0 Å². The lowest BCUT2D eigenvalue weighted by Crippen LogP contribution is -2.04. The molecule has 0 aromatic heterocycles. The zero-order valence-corrected chi connectivity index (χ0v) is 9.12. The first kappa shape index (κ1) is 10.4. The summed E-state index contributed by atoms with van der Waals surface area (Å²) in [7, 11) is 5.61. The van der Waals surface area contributed by atoms with Crippen LogP contribution in [0.25, 0.3) is 0 Å². The summed E-state index contributed by atoms with van der Waals surface area (Å²) in [6.45, 7) is 0.699. The molecule has 1 aliphatic rings. The van der Waals surface area contributed by atoms with E-state index in [0.717, 1.165) is 16.4 Å². The molecule has 1 rings (SSSR count). The summed E-state index contributed by atoms with van der Waals surface area (Å²) in [5, 5.41) is 0.868. The van der Waals surface area contributed by atoms with Gasteiger partial charge in [0, 0.05) is 22.3 Å². The molecular weight excluding hydrogens is 190 g/mol. The fourth-order valence-electron chi connectivity index (χ4n) is 1.27. The molecule has 0 N–H and O–H groups in total. The topological polar surface area (TPSA) is 20.1 Å². The highest BCUT2D eigenvalue weighted by Crippen LogP contribution is 2.39. The van der Waals surface area contributed by atoms with Gasteiger partial charge in [-0.1, -0.05) is 21.6 Å². The van der Waals surface area contributed by atoms with E-state index in [2.05, 4.69) is 0 Å². The summed E-state index contributed by atoms with van der Waals surface area (Å²) in [6, 6.07) is 0. The molecule has 1 fully saturated rings. The van der Waals surface area contributed by atoms with E-state index in [1.807, 2.05) is 21.6 Å². The van der Waals surface area contributed by atoms with Crippen molar-refractivity contribution in [3.8, 4) is 0 Å². The zero-order chi connectivity index (χ0) is 8.81. The predicted molar refractivity (Wildman–Crippen MR) is 56.7 cm³/mol. The standard InChI is InChI=1S/C8H16NOS2/c1-9(10)6-3-2-4-8-5-7-11-12-8/h8H,2-7H2,1H3/q+1. The van der Waals surface area contributed by atoms with Gasteiger partial charge in [-0.05, 0) is 24.0 Å². The lowest BCUT2D eigenvalue weighted by atomic mass is 10.1. The van der Waals surface area contributed by atoms with Crippen LogP contribution in [-0.4, -0.2) is 29.4 Å². The molecule has 1 heterocycles. The van der Waals surface area contributed by atoms with Crippen LogP contribution < -0.4 is 0 Å². The molecule has 0 amide bonds. The smallest absolute Gasteiger partial charge is 0.0938 e. The van der Waals surface area contributed by atoms with E-state index in [9.17, 15) is 4.91 Å². The van der Waals surface area contributed by atoms with Gasteiger partial charge in [-0.2, -0.15) is 0 Å². The van der Waals surface area contributed by atoms with Gasteiger partial charge in [0.2, 0.25) is 0 Å². The lowest BCUT2D eigenvalue weighted by Gasteiger charge is -2.04. The third-order valence-electron chi connectivity index (χ3n) is 1.98. The second kappa shape index (κ2) is 5.86. The largest absolute Gasteiger partial charge is 0.191 e. The Labute approximate surface area is 81.8 Å². The van der Waals surface area contributed by atoms with Crippen LogP contribution in [0.4, 0.5) is 0 Å². The highest BCUT2D eigenvalue weighted by Gasteiger charge is 2.15.